The summed E-state index contributed by atoms with van der Waals surface area (Å²) in [6, 6.07) is 9.42. The Kier molecular flexibility index (Phi) is 14.4. The molecule has 1 aliphatic carbocycles. The van der Waals surface area contributed by atoms with E-state index in [4.69, 9.17) is 21.1 Å². The average molecular weight is 755 g/mol. The smallest absolute Gasteiger partial charge is 0.210 e. The second-order valence-electron chi connectivity index (χ2n) is 16.8. The number of halogens is 1. The molecule has 0 bridgehead atoms. The molecule has 0 radical (unpaired) electrons. The molecule has 2 aromatic rings. The summed E-state index contributed by atoms with van der Waals surface area (Å²) in [7, 11) is 0. The fourth-order valence-electron chi connectivity index (χ4n) is 8.44. The van der Waals surface area contributed by atoms with Gasteiger partial charge >= 0.3 is 0 Å². The van der Waals surface area contributed by atoms with Crippen LogP contribution in [0, 0.1) is 6.92 Å². The van der Waals surface area contributed by atoms with Gasteiger partial charge in [0, 0.05) is 58.1 Å². The third-order valence-electron chi connectivity index (χ3n) is 12.0. The van der Waals surface area contributed by atoms with E-state index >= 15 is 0 Å². The fourth-order valence-corrected chi connectivity index (χ4v) is 8.75. The van der Waals surface area contributed by atoms with Crippen molar-refractivity contribution in [2.75, 3.05) is 31.2 Å². The van der Waals surface area contributed by atoms with Crippen molar-refractivity contribution < 1.29 is 14.0 Å². The highest BCUT2D eigenvalue weighted by atomic mass is 35.5. The number of rotatable bonds is 18. The zero-order chi connectivity index (χ0) is 39.0. The molecular weight excluding hydrogens is 684 g/mol. The summed E-state index contributed by atoms with van der Waals surface area (Å²) >= 11 is 7.36. The number of nitrogens with zero attached hydrogens (tertiary/aromatic N) is 2. The maximum Gasteiger partial charge on any atom is 0.210 e. The van der Waals surface area contributed by atoms with Gasteiger partial charge in [-0.25, -0.2) is 0 Å². The van der Waals surface area contributed by atoms with Gasteiger partial charge in [-0.3, -0.25) is 0 Å². The van der Waals surface area contributed by atoms with Crippen LogP contribution in [0.15, 0.2) is 70.4 Å². The van der Waals surface area contributed by atoms with E-state index in [0.29, 0.717) is 0 Å². The molecule has 0 spiro atoms. The summed E-state index contributed by atoms with van der Waals surface area (Å²) in [6.07, 6.45) is 22.5. The van der Waals surface area contributed by atoms with Crippen molar-refractivity contribution in [3.63, 3.8) is 0 Å². The van der Waals surface area contributed by atoms with E-state index in [1.807, 2.05) is 0 Å². The first-order chi connectivity index (χ1) is 25.9. The van der Waals surface area contributed by atoms with Crippen molar-refractivity contribution >= 4 is 28.7 Å². The second kappa shape index (κ2) is 18.6. The maximum atomic E-state index is 7.36. The number of anilines is 1. The van der Waals surface area contributed by atoms with Crippen LogP contribution >= 0.6 is 11.6 Å². The van der Waals surface area contributed by atoms with Gasteiger partial charge in [-0.2, -0.15) is 4.58 Å². The lowest BCUT2D eigenvalue weighted by molar-refractivity contribution is -0.438. The van der Waals surface area contributed by atoms with Crippen molar-refractivity contribution in [2.24, 2.45) is 0 Å². The van der Waals surface area contributed by atoms with Crippen molar-refractivity contribution in [3.05, 3.63) is 92.7 Å². The lowest BCUT2D eigenvalue weighted by Gasteiger charge is -2.27. The summed E-state index contributed by atoms with van der Waals surface area (Å²) in [4.78, 5) is 2.56. The van der Waals surface area contributed by atoms with Crippen LogP contribution in [0.5, 0.6) is 11.5 Å². The monoisotopic (exact) mass is 754 g/mol. The number of hydrogen-bond acceptors (Lipinski definition) is 3. The molecule has 3 aliphatic rings. The van der Waals surface area contributed by atoms with Gasteiger partial charge in [0.15, 0.2) is 5.71 Å². The van der Waals surface area contributed by atoms with Crippen molar-refractivity contribution in [2.45, 2.75) is 157 Å². The molecule has 5 rings (SSSR count). The number of allylic oxidation sites excluding steroid dienone is 8. The highest BCUT2D eigenvalue weighted by Gasteiger charge is 2.45. The van der Waals surface area contributed by atoms with E-state index in [2.05, 4.69) is 127 Å². The van der Waals surface area contributed by atoms with E-state index in [1.165, 1.54) is 56.2 Å². The molecule has 0 saturated heterocycles. The van der Waals surface area contributed by atoms with Crippen LogP contribution in [0.3, 0.4) is 0 Å². The third-order valence-corrected chi connectivity index (χ3v) is 12.5. The number of benzene rings is 2. The average Bonchev–Trinajstić information content (AvgIpc) is 3.48. The molecule has 0 unspecified atom stereocenters. The number of hydrogen-bond donors (Lipinski definition) is 0. The number of ether oxygens (including phenoxy) is 2. The Labute approximate surface area is 334 Å². The summed E-state index contributed by atoms with van der Waals surface area (Å²) < 4.78 is 15.2. The first-order valence-corrected chi connectivity index (χ1v) is 21.8. The van der Waals surface area contributed by atoms with Gasteiger partial charge in [0.1, 0.15) is 18.0 Å². The van der Waals surface area contributed by atoms with Crippen LogP contribution in [0.1, 0.15) is 155 Å². The minimum absolute atomic E-state index is 0.148. The first kappa shape index (κ1) is 41.9. The minimum atomic E-state index is -0.149. The zero-order valence-electron chi connectivity index (χ0n) is 35.5. The Balaban J connectivity index is 1.49. The zero-order valence-corrected chi connectivity index (χ0v) is 36.3. The van der Waals surface area contributed by atoms with Crippen LogP contribution in [-0.2, 0) is 17.3 Å². The molecule has 2 heterocycles. The molecule has 5 heteroatoms. The molecule has 0 fully saturated rings. The Hall–Kier alpha value is -3.24. The second-order valence-corrected chi connectivity index (χ2v) is 17.2. The molecule has 54 heavy (non-hydrogen) atoms. The van der Waals surface area contributed by atoms with Crippen LogP contribution in [-0.4, -0.2) is 36.6 Å². The van der Waals surface area contributed by atoms with Gasteiger partial charge < -0.3 is 14.4 Å². The van der Waals surface area contributed by atoms with E-state index in [1.54, 1.807) is 0 Å². The van der Waals surface area contributed by atoms with E-state index in [0.717, 1.165) is 120 Å². The third kappa shape index (κ3) is 8.75. The van der Waals surface area contributed by atoms with Crippen molar-refractivity contribution in [3.8, 4) is 11.5 Å². The molecule has 2 aromatic carbocycles. The summed E-state index contributed by atoms with van der Waals surface area (Å²) in [5, 5.41) is 0.916. The van der Waals surface area contributed by atoms with Crippen molar-refractivity contribution in [1.82, 2.24) is 0 Å². The Morgan fingerprint density at radius 1 is 0.759 bits per heavy atom. The molecule has 0 N–H and O–H groups in total. The minimum Gasteiger partial charge on any atom is -0.493 e. The van der Waals surface area contributed by atoms with Crippen LogP contribution in [0.2, 0.25) is 0 Å². The van der Waals surface area contributed by atoms with Gasteiger partial charge in [0.05, 0.1) is 18.6 Å². The number of fused-ring (bicyclic) bond motifs is 2. The maximum absolute atomic E-state index is 7.36. The largest absolute Gasteiger partial charge is 0.493 e. The highest BCUT2D eigenvalue weighted by Crippen LogP contribution is 2.50. The highest BCUT2D eigenvalue weighted by molar-refractivity contribution is 6.32. The molecule has 2 aliphatic heterocycles. The Bertz CT molecular complexity index is 1800. The van der Waals surface area contributed by atoms with Crippen LogP contribution < -0.4 is 14.4 Å². The molecule has 4 nitrogen and oxygen atoms in total. The summed E-state index contributed by atoms with van der Waals surface area (Å²) in [5.41, 5.74) is 12.7. The lowest BCUT2D eigenvalue weighted by atomic mass is 9.80. The van der Waals surface area contributed by atoms with Crippen LogP contribution in [0.25, 0.3) is 0 Å². The van der Waals surface area contributed by atoms with Crippen LogP contribution in [0.4, 0.5) is 11.4 Å². The van der Waals surface area contributed by atoms with Gasteiger partial charge in [-0.15, -0.1) is 0 Å². The van der Waals surface area contributed by atoms with E-state index in [9.17, 15) is 0 Å². The molecule has 0 saturated carbocycles. The summed E-state index contributed by atoms with van der Waals surface area (Å²) in [6.45, 7) is 26.5. The first-order valence-electron chi connectivity index (χ1n) is 21.4. The van der Waals surface area contributed by atoms with Gasteiger partial charge in [0.2, 0.25) is 5.69 Å². The molecule has 0 amide bonds. The molecule has 0 aromatic heterocycles. The van der Waals surface area contributed by atoms with Gasteiger partial charge in [0.25, 0.3) is 0 Å². The molecular formula is C49H70ClN2O2+. The Morgan fingerprint density at radius 3 is 2.09 bits per heavy atom. The number of aryl methyl sites for hydroxylation is 2. The Morgan fingerprint density at radius 2 is 1.43 bits per heavy atom. The topological polar surface area (TPSA) is 24.7 Å². The SMILES string of the molecule is CCCCOc1cc2c(cc1C)N(CCCC)/C(=C\C=C1/CCCC(/C=C/C3=[N+](CCCC)c4cc(CC)c(OCCCC)cc4C3(C)C)=C1Cl)C2(C)C. The standard InChI is InChI=1S/C49H70ClN2O2/c1-11-16-27-51-41-31-35(6)43(53-29-18-13-3)33-39(41)48(7,8)45(51)25-23-37-21-20-22-38(47(37)50)24-26-46-49(9,10)40-34-44(54-30-19-14-4)36(15-5)32-42(40)52(46)28-17-12-2/h23-26,31-34H,11-22,27-30H2,1-10H3/q+1. The van der Waals surface area contributed by atoms with Gasteiger partial charge in [-0.05, 0) is 112 Å². The summed E-state index contributed by atoms with van der Waals surface area (Å²) in [5.74, 6) is 2.07. The predicted molar refractivity (Wildman–Crippen MR) is 233 cm³/mol. The van der Waals surface area contributed by atoms with E-state index < -0.39 is 0 Å². The molecule has 294 valence electrons. The normalized spacial score (nSPS) is 19.1. The van der Waals surface area contributed by atoms with E-state index in [-0.39, 0.29) is 10.8 Å². The number of unbranched alkanes of at least 4 members (excludes halogenated alkanes) is 4. The molecule has 0 atom stereocenters. The predicted octanol–water partition coefficient (Wildman–Crippen LogP) is 13.7. The quantitative estimate of drug-likeness (QED) is 0.112. The van der Waals surface area contributed by atoms with Gasteiger partial charge in [-0.1, -0.05) is 97.9 Å². The van der Waals surface area contributed by atoms with Crippen molar-refractivity contribution in [1.29, 1.82) is 0 Å². The fraction of sp³-hybridized carbons (Fsp3) is 0.571. The lowest BCUT2D eigenvalue weighted by Crippen LogP contribution is -2.28.